The van der Waals surface area contributed by atoms with Crippen LogP contribution >= 0.6 is 0 Å². The van der Waals surface area contributed by atoms with Gasteiger partial charge in [-0.1, -0.05) is 60.2 Å². The van der Waals surface area contributed by atoms with Gasteiger partial charge in [0.2, 0.25) is 5.91 Å². The summed E-state index contributed by atoms with van der Waals surface area (Å²) < 4.78 is 5.14. The Labute approximate surface area is 225 Å². The second-order valence-corrected chi connectivity index (χ2v) is 9.95. The number of rotatable bonds is 8. The van der Waals surface area contributed by atoms with Gasteiger partial charge in [-0.2, -0.15) is 0 Å². The van der Waals surface area contributed by atoms with Crippen LogP contribution in [-0.4, -0.2) is 42.4 Å². The van der Waals surface area contributed by atoms with Gasteiger partial charge in [0, 0.05) is 24.3 Å². The van der Waals surface area contributed by atoms with Crippen LogP contribution in [0.25, 0.3) is 0 Å². The zero-order chi connectivity index (χ0) is 27.1. The fourth-order valence-corrected chi connectivity index (χ4v) is 4.86. The Morgan fingerprint density at radius 2 is 1.61 bits per heavy atom. The Balaban J connectivity index is 1.52. The van der Waals surface area contributed by atoms with E-state index in [-0.39, 0.29) is 30.1 Å². The summed E-state index contributed by atoms with van der Waals surface area (Å²) in [5.41, 5.74) is 5.38. The van der Waals surface area contributed by atoms with Crippen molar-refractivity contribution < 1.29 is 19.1 Å². The molecule has 0 N–H and O–H groups in total. The minimum absolute atomic E-state index is 0.0276. The van der Waals surface area contributed by atoms with E-state index in [4.69, 9.17) is 4.74 Å². The van der Waals surface area contributed by atoms with Gasteiger partial charge in [0.1, 0.15) is 0 Å². The van der Waals surface area contributed by atoms with E-state index >= 15 is 0 Å². The second-order valence-electron chi connectivity index (χ2n) is 9.95. The smallest absolute Gasteiger partial charge is 0.309 e. The standard InChI is InChI=1S/C32H36N2O4/c1-4-38-32(37)27-16-18-33(19-17-27)30(35)21-26-9-7-10-28(20-26)34(22-25-14-12-23(2)13-15-25)31(36)29-11-6-5-8-24(29)3/h5-15,20,27H,4,16-19,21-22H2,1-3H3. The summed E-state index contributed by atoms with van der Waals surface area (Å²) >= 11 is 0. The normalized spacial score (nSPS) is 13.7. The molecule has 0 aliphatic carbocycles. The highest BCUT2D eigenvalue weighted by molar-refractivity contribution is 6.07. The number of anilines is 1. The number of benzene rings is 3. The highest BCUT2D eigenvalue weighted by Crippen LogP contribution is 2.25. The van der Waals surface area contributed by atoms with E-state index < -0.39 is 0 Å². The molecule has 0 spiro atoms. The fourth-order valence-electron chi connectivity index (χ4n) is 4.86. The zero-order valence-corrected chi connectivity index (χ0v) is 22.5. The maximum Gasteiger partial charge on any atom is 0.309 e. The van der Waals surface area contributed by atoms with Crippen LogP contribution in [0.1, 0.15) is 52.4 Å². The van der Waals surface area contributed by atoms with Crippen LogP contribution in [0.15, 0.2) is 72.8 Å². The lowest BCUT2D eigenvalue weighted by Crippen LogP contribution is -2.41. The first-order valence-electron chi connectivity index (χ1n) is 13.3. The maximum atomic E-state index is 13.8. The molecule has 1 saturated heterocycles. The van der Waals surface area contributed by atoms with E-state index in [1.54, 1.807) is 11.8 Å². The molecule has 2 amide bonds. The summed E-state index contributed by atoms with van der Waals surface area (Å²) in [5, 5.41) is 0. The zero-order valence-electron chi connectivity index (χ0n) is 22.5. The van der Waals surface area contributed by atoms with Crippen molar-refractivity contribution in [3.63, 3.8) is 0 Å². The van der Waals surface area contributed by atoms with Gasteiger partial charge < -0.3 is 14.5 Å². The largest absolute Gasteiger partial charge is 0.466 e. The Hall–Kier alpha value is -3.93. The van der Waals surface area contributed by atoms with Gasteiger partial charge in [0.05, 0.1) is 25.5 Å². The predicted octanol–water partition coefficient (Wildman–Crippen LogP) is 5.49. The Morgan fingerprint density at radius 1 is 0.895 bits per heavy atom. The van der Waals surface area contributed by atoms with Crippen molar-refractivity contribution in [2.45, 2.75) is 46.6 Å². The number of carbonyl (C=O) groups excluding carboxylic acids is 3. The van der Waals surface area contributed by atoms with Gasteiger partial charge in [-0.05, 0) is 68.5 Å². The molecule has 3 aromatic carbocycles. The van der Waals surface area contributed by atoms with Gasteiger partial charge in [-0.15, -0.1) is 0 Å². The fraction of sp³-hybridized carbons (Fsp3) is 0.344. The first kappa shape index (κ1) is 27.1. The number of nitrogens with zero attached hydrogens (tertiary/aromatic N) is 2. The Bertz CT molecular complexity index is 1280. The summed E-state index contributed by atoms with van der Waals surface area (Å²) in [6, 6.07) is 23.5. The summed E-state index contributed by atoms with van der Waals surface area (Å²) in [6.45, 7) is 7.69. The van der Waals surface area contributed by atoms with Gasteiger partial charge >= 0.3 is 5.97 Å². The van der Waals surface area contributed by atoms with Crippen molar-refractivity contribution in [2.24, 2.45) is 5.92 Å². The second kappa shape index (κ2) is 12.5. The molecular weight excluding hydrogens is 476 g/mol. The third-order valence-corrected chi connectivity index (χ3v) is 7.13. The lowest BCUT2D eigenvalue weighted by atomic mass is 9.96. The molecule has 4 rings (SSSR count). The summed E-state index contributed by atoms with van der Waals surface area (Å²) in [5.74, 6) is -0.350. The lowest BCUT2D eigenvalue weighted by Gasteiger charge is -2.31. The average molecular weight is 513 g/mol. The number of hydrogen-bond acceptors (Lipinski definition) is 4. The minimum Gasteiger partial charge on any atom is -0.466 e. The lowest BCUT2D eigenvalue weighted by molar-refractivity contribution is -0.151. The molecule has 198 valence electrons. The van der Waals surface area contributed by atoms with Crippen LogP contribution in [0, 0.1) is 19.8 Å². The number of carbonyl (C=O) groups is 3. The van der Waals surface area contributed by atoms with E-state index in [1.165, 1.54) is 0 Å². The monoisotopic (exact) mass is 512 g/mol. The topological polar surface area (TPSA) is 66.9 Å². The minimum atomic E-state index is -0.167. The van der Waals surface area contributed by atoms with Gasteiger partial charge in [-0.3, -0.25) is 14.4 Å². The molecule has 3 aromatic rings. The van der Waals surface area contributed by atoms with Crippen molar-refractivity contribution >= 4 is 23.5 Å². The Kier molecular flexibility index (Phi) is 8.95. The highest BCUT2D eigenvalue weighted by atomic mass is 16.5. The molecule has 1 heterocycles. The van der Waals surface area contributed by atoms with Crippen LogP contribution in [0.4, 0.5) is 5.69 Å². The summed E-state index contributed by atoms with van der Waals surface area (Å²) in [6.07, 6.45) is 1.49. The molecule has 1 fully saturated rings. The number of amides is 2. The molecule has 0 saturated carbocycles. The molecular formula is C32H36N2O4. The van der Waals surface area contributed by atoms with E-state index in [0.717, 1.165) is 27.9 Å². The number of aryl methyl sites for hydroxylation is 2. The molecule has 0 aromatic heterocycles. The molecule has 1 aliphatic heterocycles. The van der Waals surface area contributed by atoms with E-state index in [9.17, 15) is 14.4 Å². The third-order valence-electron chi connectivity index (χ3n) is 7.13. The maximum absolute atomic E-state index is 13.8. The van der Waals surface area contributed by atoms with Gasteiger partial charge in [0.15, 0.2) is 0 Å². The first-order chi connectivity index (χ1) is 18.4. The van der Waals surface area contributed by atoms with E-state index in [0.29, 0.717) is 44.6 Å². The summed E-state index contributed by atoms with van der Waals surface area (Å²) in [7, 11) is 0. The van der Waals surface area contributed by atoms with Crippen molar-refractivity contribution in [2.75, 3.05) is 24.6 Å². The quantitative estimate of drug-likeness (QED) is 0.374. The van der Waals surface area contributed by atoms with Crippen LogP contribution in [-0.2, 0) is 27.3 Å². The van der Waals surface area contributed by atoms with Crippen LogP contribution in [0.2, 0.25) is 0 Å². The van der Waals surface area contributed by atoms with Crippen molar-refractivity contribution in [3.8, 4) is 0 Å². The molecule has 0 bridgehead atoms. The Morgan fingerprint density at radius 3 is 2.29 bits per heavy atom. The molecule has 0 atom stereocenters. The van der Waals surface area contributed by atoms with Crippen molar-refractivity contribution in [1.82, 2.24) is 4.90 Å². The van der Waals surface area contributed by atoms with E-state index in [2.05, 4.69) is 0 Å². The van der Waals surface area contributed by atoms with E-state index in [1.807, 2.05) is 91.5 Å². The third kappa shape index (κ3) is 6.68. The molecule has 0 radical (unpaired) electrons. The summed E-state index contributed by atoms with van der Waals surface area (Å²) in [4.78, 5) is 42.5. The number of likely N-dealkylation sites (tertiary alicyclic amines) is 1. The van der Waals surface area contributed by atoms with Gasteiger partial charge in [-0.25, -0.2) is 0 Å². The number of esters is 1. The van der Waals surface area contributed by atoms with Gasteiger partial charge in [0.25, 0.3) is 5.91 Å². The van der Waals surface area contributed by atoms with Crippen molar-refractivity contribution in [3.05, 3.63) is 101 Å². The predicted molar refractivity (Wildman–Crippen MR) is 149 cm³/mol. The molecule has 0 unspecified atom stereocenters. The molecule has 6 nitrogen and oxygen atoms in total. The number of ether oxygens (including phenoxy) is 1. The molecule has 38 heavy (non-hydrogen) atoms. The molecule has 1 aliphatic rings. The number of piperidine rings is 1. The van der Waals surface area contributed by atoms with Crippen molar-refractivity contribution in [1.29, 1.82) is 0 Å². The number of hydrogen-bond donors (Lipinski definition) is 0. The first-order valence-corrected chi connectivity index (χ1v) is 13.3. The van der Waals surface area contributed by atoms with Crippen LogP contribution < -0.4 is 4.90 Å². The van der Waals surface area contributed by atoms with Crippen LogP contribution in [0.5, 0.6) is 0 Å². The average Bonchev–Trinajstić information content (AvgIpc) is 2.93. The molecule has 6 heteroatoms. The van der Waals surface area contributed by atoms with Crippen LogP contribution in [0.3, 0.4) is 0 Å². The highest BCUT2D eigenvalue weighted by Gasteiger charge is 2.28. The SMILES string of the molecule is CCOC(=O)C1CCN(C(=O)Cc2cccc(N(Cc3ccc(C)cc3)C(=O)c3ccccc3C)c2)CC1.